The van der Waals surface area contributed by atoms with Crippen molar-refractivity contribution in [1.29, 1.82) is 0 Å². The van der Waals surface area contributed by atoms with Crippen molar-refractivity contribution in [2.24, 2.45) is 7.05 Å². The molecule has 0 atom stereocenters. The lowest BCUT2D eigenvalue weighted by atomic mass is 10.1. The highest BCUT2D eigenvalue weighted by Crippen LogP contribution is 2.13. The van der Waals surface area contributed by atoms with Gasteiger partial charge in [0.25, 0.3) is 0 Å². The van der Waals surface area contributed by atoms with E-state index in [2.05, 4.69) is 0 Å². The van der Waals surface area contributed by atoms with Gasteiger partial charge in [-0.1, -0.05) is 12.1 Å². The molecule has 0 bridgehead atoms. The highest BCUT2D eigenvalue weighted by molar-refractivity contribution is 5.89. The van der Waals surface area contributed by atoms with Crippen LogP contribution in [0.25, 0.3) is 0 Å². The van der Waals surface area contributed by atoms with Gasteiger partial charge in [-0.3, -0.25) is 0 Å². The Kier molecular flexibility index (Phi) is 4.30. The topological polar surface area (TPSA) is 66.5 Å². The van der Waals surface area contributed by atoms with Gasteiger partial charge in [-0.25, -0.2) is 4.79 Å². The number of methoxy groups -OCH3 is 1. The Morgan fingerprint density at radius 2 is 2.00 bits per heavy atom. The van der Waals surface area contributed by atoms with Crippen molar-refractivity contribution < 1.29 is 14.3 Å². The molecule has 2 rings (SSSR count). The van der Waals surface area contributed by atoms with Gasteiger partial charge in [0.15, 0.2) is 0 Å². The summed E-state index contributed by atoms with van der Waals surface area (Å²) in [5.74, 6) is 0.447. The second kappa shape index (κ2) is 6.14. The van der Waals surface area contributed by atoms with Gasteiger partial charge in [0.1, 0.15) is 11.4 Å². The van der Waals surface area contributed by atoms with Crippen LogP contribution in [-0.2, 0) is 18.2 Å². The Bertz CT molecular complexity index is 588. The highest BCUT2D eigenvalue weighted by atomic mass is 16.5. The van der Waals surface area contributed by atoms with E-state index in [1.165, 1.54) is 0 Å². The SMILES string of the molecule is COc1ccc(CCOC(=O)c2cc(N)cn2C)cc1. The Morgan fingerprint density at radius 1 is 1.30 bits per heavy atom. The molecule has 0 aliphatic rings. The lowest BCUT2D eigenvalue weighted by Crippen LogP contribution is -2.11. The smallest absolute Gasteiger partial charge is 0.355 e. The molecule has 1 aromatic heterocycles. The van der Waals surface area contributed by atoms with E-state index in [-0.39, 0.29) is 5.97 Å². The van der Waals surface area contributed by atoms with E-state index < -0.39 is 0 Å². The van der Waals surface area contributed by atoms with Crippen LogP contribution < -0.4 is 10.5 Å². The molecule has 0 amide bonds. The number of esters is 1. The molecule has 0 radical (unpaired) electrons. The summed E-state index contributed by atoms with van der Waals surface area (Å²) >= 11 is 0. The van der Waals surface area contributed by atoms with Crippen molar-refractivity contribution in [3.8, 4) is 5.75 Å². The molecule has 106 valence electrons. The maximum absolute atomic E-state index is 11.9. The van der Waals surface area contributed by atoms with E-state index in [1.54, 1.807) is 31.0 Å². The van der Waals surface area contributed by atoms with Crippen molar-refractivity contribution in [3.05, 3.63) is 47.8 Å². The zero-order chi connectivity index (χ0) is 14.5. The van der Waals surface area contributed by atoms with Gasteiger partial charge < -0.3 is 19.8 Å². The molecule has 2 N–H and O–H groups in total. The van der Waals surface area contributed by atoms with Gasteiger partial charge in [0, 0.05) is 19.7 Å². The molecule has 0 saturated carbocycles. The first kappa shape index (κ1) is 14.0. The van der Waals surface area contributed by atoms with Gasteiger partial charge in [-0.05, 0) is 23.8 Å². The fourth-order valence-corrected chi connectivity index (χ4v) is 1.92. The Hall–Kier alpha value is -2.43. The van der Waals surface area contributed by atoms with Crippen molar-refractivity contribution in [2.75, 3.05) is 19.5 Å². The average molecular weight is 274 g/mol. The van der Waals surface area contributed by atoms with Crippen molar-refractivity contribution >= 4 is 11.7 Å². The Labute approximate surface area is 117 Å². The lowest BCUT2D eigenvalue weighted by Gasteiger charge is -2.06. The summed E-state index contributed by atoms with van der Waals surface area (Å²) in [6.45, 7) is 0.330. The maximum atomic E-state index is 11.9. The van der Waals surface area contributed by atoms with E-state index in [4.69, 9.17) is 15.2 Å². The summed E-state index contributed by atoms with van der Waals surface area (Å²) in [7, 11) is 3.39. The number of nitrogens with two attached hydrogens (primary N) is 1. The second-order valence-electron chi connectivity index (χ2n) is 4.50. The van der Waals surface area contributed by atoms with E-state index in [9.17, 15) is 4.79 Å². The third kappa shape index (κ3) is 3.32. The van der Waals surface area contributed by atoms with Crippen LogP contribution in [0.5, 0.6) is 5.75 Å². The number of hydrogen-bond donors (Lipinski definition) is 1. The minimum atomic E-state index is -0.363. The first-order valence-corrected chi connectivity index (χ1v) is 6.32. The summed E-state index contributed by atoms with van der Waals surface area (Å²) < 4.78 is 12.0. The molecule has 1 heterocycles. The standard InChI is InChI=1S/C15H18N2O3/c1-17-10-12(16)9-14(17)15(18)20-8-7-11-3-5-13(19-2)6-4-11/h3-6,9-10H,7-8,16H2,1-2H3. The summed E-state index contributed by atoms with van der Waals surface area (Å²) in [4.78, 5) is 11.9. The molecule has 0 unspecified atom stereocenters. The minimum absolute atomic E-state index is 0.330. The molecule has 0 fully saturated rings. The molecule has 0 aliphatic heterocycles. The van der Waals surface area contributed by atoms with Gasteiger partial charge >= 0.3 is 5.97 Å². The molecule has 5 nitrogen and oxygen atoms in total. The van der Waals surface area contributed by atoms with E-state index in [1.807, 2.05) is 24.3 Å². The van der Waals surface area contributed by atoms with Gasteiger partial charge in [-0.15, -0.1) is 0 Å². The van der Waals surface area contributed by atoms with Crippen LogP contribution in [0.1, 0.15) is 16.1 Å². The number of carbonyl (C=O) groups excluding carboxylic acids is 1. The van der Waals surface area contributed by atoms with Crippen molar-refractivity contribution in [2.45, 2.75) is 6.42 Å². The molecular weight excluding hydrogens is 256 g/mol. The third-order valence-electron chi connectivity index (χ3n) is 3.02. The fourth-order valence-electron chi connectivity index (χ4n) is 1.92. The van der Waals surface area contributed by atoms with E-state index in [0.717, 1.165) is 11.3 Å². The quantitative estimate of drug-likeness (QED) is 0.847. The Morgan fingerprint density at radius 3 is 2.55 bits per heavy atom. The van der Waals surface area contributed by atoms with Crippen LogP contribution in [0.4, 0.5) is 5.69 Å². The van der Waals surface area contributed by atoms with Crippen LogP contribution >= 0.6 is 0 Å². The first-order chi connectivity index (χ1) is 9.60. The van der Waals surface area contributed by atoms with Crippen molar-refractivity contribution in [1.82, 2.24) is 4.57 Å². The van der Waals surface area contributed by atoms with E-state index in [0.29, 0.717) is 24.4 Å². The molecule has 20 heavy (non-hydrogen) atoms. The van der Waals surface area contributed by atoms with Gasteiger partial charge in [0.05, 0.1) is 19.4 Å². The molecule has 0 aliphatic carbocycles. The number of benzene rings is 1. The number of nitrogens with zero attached hydrogens (tertiary/aromatic N) is 1. The van der Waals surface area contributed by atoms with Crippen LogP contribution in [0.2, 0.25) is 0 Å². The normalized spacial score (nSPS) is 10.3. The number of aryl methyl sites for hydroxylation is 1. The number of aromatic nitrogens is 1. The third-order valence-corrected chi connectivity index (χ3v) is 3.02. The zero-order valence-electron chi connectivity index (χ0n) is 11.6. The average Bonchev–Trinajstić information content (AvgIpc) is 2.78. The van der Waals surface area contributed by atoms with Gasteiger partial charge in [0.2, 0.25) is 0 Å². The largest absolute Gasteiger partial charge is 0.497 e. The number of ether oxygens (including phenoxy) is 2. The second-order valence-corrected chi connectivity index (χ2v) is 4.50. The van der Waals surface area contributed by atoms with Crippen molar-refractivity contribution in [3.63, 3.8) is 0 Å². The van der Waals surface area contributed by atoms with Crippen LogP contribution in [0.3, 0.4) is 0 Å². The summed E-state index contributed by atoms with van der Waals surface area (Å²) in [6, 6.07) is 9.28. The number of hydrogen-bond acceptors (Lipinski definition) is 4. The van der Waals surface area contributed by atoms with E-state index >= 15 is 0 Å². The van der Waals surface area contributed by atoms with Gasteiger partial charge in [-0.2, -0.15) is 0 Å². The summed E-state index contributed by atoms with van der Waals surface area (Å²) in [5.41, 5.74) is 7.72. The molecule has 1 aromatic carbocycles. The number of anilines is 1. The fraction of sp³-hybridized carbons (Fsp3) is 0.267. The zero-order valence-corrected chi connectivity index (χ0v) is 11.6. The number of rotatable bonds is 5. The predicted molar refractivity (Wildman–Crippen MR) is 76.8 cm³/mol. The molecule has 0 saturated heterocycles. The first-order valence-electron chi connectivity index (χ1n) is 6.32. The monoisotopic (exact) mass is 274 g/mol. The highest BCUT2D eigenvalue weighted by Gasteiger charge is 2.12. The molecular formula is C15H18N2O3. The minimum Gasteiger partial charge on any atom is -0.497 e. The van der Waals surface area contributed by atoms with Crippen LogP contribution in [0.15, 0.2) is 36.5 Å². The number of carbonyl (C=O) groups is 1. The number of nitrogen functional groups attached to an aromatic ring is 1. The Balaban J connectivity index is 1.86. The summed E-state index contributed by atoms with van der Waals surface area (Å²) in [6.07, 6.45) is 2.34. The van der Waals surface area contributed by atoms with Crippen LogP contribution in [0, 0.1) is 0 Å². The maximum Gasteiger partial charge on any atom is 0.355 e. The molecule has 2 aromatic rings. The summed E-state index contributed by atoms with van der Waals surface area (Å²) in [5, 5.41) is 0. The molecule has 0 spiro atoms. The lowest BCUT2D eigenvalue weighted by molar-refractivity contribution is 0.0498. The predicted octanol–water partition coefficient (Wildman–Crippen LogP) is 2.02. The van der Waals surface area contributed by atoms with Crippen LogP contribution in [-0.4, -0.2) is 24.3 Å². The molecule has 5 heteroatoms.